The molecule has 1 aromatic heterocycles. The maximum Gasteiger partial charge on any atom is 0.273 e. The Hall–Kier alpha value is -3.26. The number of amides is 1. The third-order valence-electron chi connectivity index (χ3n) is 4.57. The SMILES string of the molecule is COc1ccc(CN(C)C(=O)c2csc(-c3cccc(OC)c3OC)n2)cc1OC. The number of thiazole rings is 1. The van der Waals surface area contributed by atoms with E-state index in [0.717, 1.165) is 11.1 Å². The summed E-state index contributed by atoms with van der Waals surface area (Å²) in [6.07, 6.45) is 0. The van der Waals surface area contributed by atoms with E-state index in [2.05, 4.69) is 4.98 Å². The summed E-state index contributed by atoms with van der Waals surface area (Å²) in [7, 11) is 8.08. The van der Waals surface area contributed by atoms with E-state index in [-0.39, 0.29) is 5.91 Å². The number of ether oxygens (including phenoxy) is 4. The maximum absolute atomic E-state index is 12.9. The fourth-order valence-corrected chi connectivity index (χ4v) is 3.89. The largest absolute Gasteiger partial charge is 0.493 e. The summed E-state index contributed by atoms with van der Waals surface area (Å²) in [6.45, 7) is 0.411. The zero-order valence-corrected chi connectivity index (χ0v) is 18.4. The Morgan fingerprint density at radius 2 is 1.70 bits per heavy atom. The van der Waals surface area contributed by atoms with Crippen molar-refractivity contribution in [2.24, 2.45) is 0 Å². The highest BCUT2D eigenvalue weighted by Crippen LogP contribution is 2.39. The normalized spacial score (nSPS) is 10.4. The topological polar surface area (TPSA) is 70.1 Å². The van der Waals surface area contributed by atoms with Gasteiger partial charge in [-0.15, -0.1) is 11.3 Å². The van der Waals surface area contributed by atoms with Crippen LogP contribution in [0.5, 0.6) is 23.0 Å². The van der Waals surface area contributed by atoms with Crippen molar-refractivity contribution in [2.45, 2.75) is 6.54 Å². The number of hydrogen-bond donors (Lipinski definition) is 0. The van der Waals surface area contributed by atoms with Gasteiger partial charge >= 0.3 is 0 Å². The van der Waals surface area contributed by atoms with Gasteiger partial charge in [0.15, 0.2) is 23.0 Å². The molecule has 7 nitrogen and oxygen atoms in total. The van der Waals surface area contributed by atoms with Crippen LogP contribution >= 0.6 is 11.3 Å². The van der Waals surface area contributed by atoms with Gasteiger partial charge in [0.2, 0.25) is 0 Å². The molecule has 0 aliphatic carbocycles. The van der Waals surface area contributed by atoms with E-state index in [1.165, 1.54) is 11.3 Å². The minimum Gasteiger partial charge on any atom is -0.493 e. The van der Waals surface area contributed by atoms with E-state index in [1.54, 1.807) is 45.8 Å². The molecule has 2 aromatic carbocycles. The summed E-state index contributed by atoms with van der Waals surface area (Å²) >= 11 is 1.38. The molecule has 8 heteroatoms. The first-order valence-corrected chi connectivity index (χ1v) is 10.0. The van der Waals surface area contributed by atoms with E-state index in [9.17, 15) is 4.79 Å². The highest BCUT2D eigenvalue weighted by molar-refractivity contribution is 7.13. The number of carbonyl (C=O) groups is 1. The van der Waals surface area contributed by atoms with Crippen molar-refractivity contribution in [2.75, 3.05) is 35.5 Å². The van der Waals surface area contributed by atoms with Crippen LogP contribution in [0.25, 0.3) is 10.6 Å². The fourth-order valence-electron chi connectivity index (χ4n) is 3.07. The van der Waals surface area contributed by atoms with Gasteiger partial charge in [-0.25, -0.2) is 4.98 Å². The van der Waals surface area contributed by atoms with Crippen LogP contribution < -0.4 is 18.9 Å². The number of carbonyl (C=O) groups excluding carboxylic acids is 1. The Kier molecular flexibility index (Phi) is 6.79. The van der Waals surface area contributed by atoms with Crippen molar-refractivity contribution in [1.29, 1.82) is 0 Å². The first-order valence-electron chi connectivity index (χ1n) is 9.15. The number of aromatic nitrogens is 1. The van der Waals surface area contributed by atoms with E-state index >= 15 is 0 Å². The number of nitrogens with zero attached hydrogens (tertiary/aromatic N) is 2. The lowest BCUT2D eigenvalue weighted by molar-refractivity contribution is 0.0780. The van der Waals surface area contributed by atoms with Gasteiger partial charge in [0.05, 0.1) is 34.0 Å². The second-order valence-electron chi connectivity index (χ2n) is 6.43. The predicted octanol–water partition coefficient (Wildman–Crippen LogP) is 4.12. The van der Waals surface area contributed by atoms with Gasteiger partial charge in [-0.1, -0.05) is 12.1 Å². The Morgan fingerprint density at radius 3 is 2.37 bits per heavy atom. The predicted molar refractivity (Wildman–Crippen MR) is 116 cm³/mol. The molecule has 30 heavy (non-hydrogen) atoms. The van der Waals surface area contributed by atoms with Crippen LogP contribution in [0.3, 0.4) is 0 Å². The molecule has 0 spiro atoms. The molecule has 1 heterocycles. The molecule has 0 saturated heterocycles. The lowest BCUT2D eigenvalue weighted by Crippen LogP contribution is -2.26. The summed E-state index contributed by atoms with van der Waals surface area (Å²) in [5.41, 5.74) is 2.08. The molecule has 0 atom stereocenters. The average molecular weight is 429 g/mol. The number of rotatable bonds is 8. The van der Waals surface area contributed by atoms with Crippen LogP contribution in [0.1, 0.15) is 16.1 Å². The second kappa shape index (κ2) is 9.49. The van der Waals surface area contributed by atoms with Crippen LogP contribution in [-0.4, -0.2) is 51.3 Å². The number of para-hydroxylation sites is 1. The zero-order valence-electron chi connectivity index (χ0n) is 17.6. The third-order valence-corrected chi connectivity index (χ3v) is 5.45. The van der Waals surface area contributed by atoms with E-state index < -0.39 is 0 Å². The minimum absolute atomic E-state index is 0.172. The van der Waals surface area contributed by atoms with Crippen LogP contribution in [-0.2, 0) is 6.54 Å². The van der Waals surface area contributed by atoms with Gasteiger partial charge in [0.25, 0.3) is 5.91 Å². The van der Waals surface area contributed by atoms with E-state index in [4.69, 9.17) is 18.9 Å². The van der Waals surface area contributed by atoms with Crippen LogP contribution in [0.2, 0.25) is 0 Å². The molecule has 0 radical (unpaired) electrons. The molecule has 0 unspecified atom stereocenters. The van der Waals surface area contributed by atoms with Crippen molar-refractivity contribution >= 4 is 17.2 Å². The van der Waals surface area contributed by atoms with Crippen molar-refractivity contribution in [1.82, 2.24) is 9.88 Å². The lowest BCUT2D eigenvalue weighted by atomic mass is 10.2. The van der Waals surface area contributed by atoms with Gasteiger partial charge in [0, 0.05) is 19.0 Å². The van der Waals surface area contributed by atoms with E-state index in [0.29, 0.717) is 40.2 Å². The lowest BCUT2D eigenvalue weighted by Gasteiger charge is -2.17. The standard InChI is InChI=1S/C22H24N2O5S/c1-24(12-14-9-10-17(26-2)19(11-14)28-4)22(25)16-13-30-21(23-16)15-7-6-8-18(27-3)20(15)29-5/h6-11,13H,12H2,1-5H3. The van der Waals surface area contributed by atoms with Gasteiger partial charge in [0.1, 0.15) is 10.7 Å². The number of methoxy groups -OCH3 is 4. The minimum atomic E-state index is -0.172. The highest BCUT2D eigenvalue weighted by Gasteiger charge is 2.20. The third kappa shape index (κ3) is 4.33. The molecule has 0 N–H and O–H groups in total. The quantitative estimate of drug-likeness (QED) is 0.538. The summed E-state index contributed by atoms with van der Waals surface area (Å²) in [4.78, 5) is 19.1. The molecule has 3 rings (SSSR count). The Bertz CT molecular complexity index is 1030. The summed E-state index contributed by atoms with van der Waals surface area (Å²) < 4.78 is 21.4. The number of benzene rings is 2. The molecular formula is C22H24N2O5S. The molecule has 0 fully saturated rings. The van der Waals surface area contributed by atoms with Gasteiger partial charge in [-0.2, -0.15) is 0 Å². The van der Waals surface area contributed by atoms with E-state index in [1.807, 2.05) is 36.4 Å². The molecule has 0 aliphatic heterocycles. The van der Waals surface area contributed by atoms with Crippen molar-refractivity contribution in [3.05, 3.63) is 53.0 Å². The fraction of sp³-hybridized carbons (Fsp3) is 0.273. The molecule has 0 bridgehead atoms. The Balaban J connectivity index is 1.80. The summed E-state index contributed by atoms with van der Waals surface area (Å²) in [6, 6.07) is 11.2. The Labute approximate surface area is 179 Å². The second-order valence-corrected chi connectivity index (χ2v) is 7.29. The molecule has 0 saturated carbocycles. The maximum atomic E-state index is 12.9. The molecule has 0 aliphatic rings. The highest BCUT2D eigenvalue weighted by atomic mass is 32.1. The number of hydrogen-bond acceptors (Lipinski definition) is 7. The molecule has 3 aromatic rings. The molecule has 158 valence electrons. The van der Waals surface area contributed by atoms with Crippen LogP contribution in [0, 0.1) is 0 Å². The van der Waals surface area contributed by atoms with Gasteiger partial charge in [-0.05, 0) is 29.8 Å². The summed E-state index contributed by atoms with van der Waals surface area (Å²) in [5.74, 6) is 2.30. The smallest absolute Gasteiger partial charge is 0.273 e. The monoisotopic (exact) mass is 428 g/mol. The van der Waals surface area contributed by atoms with Crippen LogP contribution in [0.4, 0.5) is 0 Å². The van der Waals surface area contributed by atoms with Crippen molar-refractivity contribution < 1.29 is 23.7 Å². The van der Waals surface area contributed by atoms with Gasteiger partial charge < -0.3 is 23.8 Å². The first kappa shape index (κ1) is 21.4. The van der Waals surface area contributed by atoms with Gasteiger partial charge in [-0.3, -0.25) is 4.79 Å². The molecular weight excluding hydrogens is 404 g/mol. The molecule has 1 amide bonds. The Morgan fingerprint density at radius 1 is 0.967 bits per heavy atom. The van der Waals surface area contributed by atoms with Crippen LogP contribution in [0.15, 0.2) is 41.8 Å². The summed E-state index contributed by atoms with van der Waals surface area (Å²) in [5, 5.41) is 2.44. The zero-order chi connectivity index (χ0) is 21.7. The average Bonchev–Trinajstić information content (AvgIpc) is 3.27. The van der Waals surface area contributed by atoms with Crippen molar-refractivity contribution in [3.8, 4) is 33.6 Å². The first-order chi connectivity index (χ1) is 14.5. The van der Waals surface area contributed by atoms with Crippen molar-refractivity contribution in [3.63, 3.8) is 0 Å².